The number of anilines is 2. The molecule has 0 amide bonds. The van der Waals surface area contributed by atoms with Crippen LogP contribution in [0.25, 0.3) is 0 Å². The maximum atomic E-state index is 12.7. The maximum absolute atomic E-state index is 12.7. The molecule has 28 heavy (non-hydrogen) atoms. The normalized spacial score (nSPS) is 14.4. The van der Waals surface area contributed by atoms with Crippen molar-refractivity contribution in [3.05, 3.63) is 86.8 Å². The molecule has 1 aliphatic heterocycles. The van der Waals surface area contributed by atoms with Gasteiger partial charge in [0.25, 0.3) is 5.56 Å². The van der Waals surface area contributed by atoms with E-state index in [4.69, 9.17) is 23.2 Å². The van der Waals surface area contributed by atoms with Crippen molar-refractivity contribution in [3.63, 3.8) is 0 Å². The smallest absolute Gasteiger partial charge is 0.287 e. The summed E-state index contributed by atoms with van der Waals surface area (Å²) in [6.45, 7) is 3.58. The first-order chi connectivity index (χ1) is 13.6. The Balaban J connectivity index is 1.50. The molecule has 0 bridgehead atoms. The van der Waals surface area contributed by atoms with Crippen LogP contribution in [-0.4, -0.2) is 36.0 Å². The van der Waals surface area contributed by atoms with Gasteiger partial charge in [-0.25, -0.2) is 4.68 Å². The first kappa shape index (κ1) is 18.8. The van der Waals surface area contributed by atoms with E-state index < -0.39 is 0 Å². The van der Waals surface area contributed by atoms with Crippen molar-refractivity contribution in [2.24, 2.45) is 0 Å². The number of rotatable bonds is 4. The molecule has 7 heteroatoms. The summed E-state index contributed by atoms with van der Waals surface area (Å²) >= 11 is 12.6. The van der Waals surface area contributed by atoms with E-state index >= 15 is 0 Å². The van der Waals surface area contributed by atoms with Crippen LogP contribution in [0.2, 0.25) is 10.0 Å². The SMILES string of the molecule is O=c1c(Cl)c(N2CCN(c3ccccc3)CC2)cnn1Cc1ccccc1Cl. The molecule has 0 atom stereocenters. The van der Waals surface area contributed by atoms with Gasteiger partial charge in [0.2, 0.25) is 0 Å². The largest absolute Gasteiger partial charge is 0.368 e. The number of para-hydroxylation sites is 1. The Morgan fingerprint density at radius 1 is 0.857 bits per heavy atom. The number of hydrogen-bond donors (Lipinski definition) is 0. The van der Waals surface area contributed by atoms with Crippen LogP contribution in [0.3, 0.4) is 0 Å². The first-order valence-electron chi connectivity index (χ1n) is 9.17. The molecule has 0 radical (unpaired) electrons. The average molecular weight is 415 g/mol. The van der Waals surface area contributed by atoms with Crippen LogP contribution in [0.4, 0.5) is 11.4 Å². The van der Waals surface area contributed by atoms with Crippen LogP contribution in [0, 0.1) is 0 Å². The van der Waals surface area contributed by atoms with Gasteiger partial charge >= 0.3 is 0 Å². The third-order valence-corrected chi connectivity index (χ3v) is 5.71. The van der Waals surface area contributed by atoms with E-state index in [1.54, 1.807) is 12.3 Å². The Kier molecular flexibility index (Phi) is 5.55. The molecule has 144 valence electrons. The van der Waals surface area contributed by atoms with E-state index in [-0.39, 0.29) is 10.6 Å². The summed E-state index contributed by atoms with van der Waals surface area (Å²) < 4.78 is 1.35. The lowest BCUT2D eigenvalue weighted by Crippen LogP contribution is -2.47. The van der Waals surface area contributed by atoms with Gasteiger partial charge in [-0.15, -0.1) is 0 Å². The van der Waals surface area contributed by atoms with E-state index in [1.807, 2.05) is 36.4 Å². The van der Waals surface area contributed by atoms with Crippen molar-refractivity contribution >= 4 is 34.6 Å². The highest BCUT2D eigenvalue weighted by Gasteiger charge is 2.21. The van der Waals surface area contributed by atoms with E-state index in [1.165, 1.54) is 10.4 Å². The van der Waals surface area contributed by atoms with Crippen molar-refractivity contribution in [3.8, 4) is 0 Å². The van der Waals surface area contributed by atoms with Gasteiger partial charge in [-0.1, -0.05) is 59.6 Å². The van der Waals surface area contributed by atoms with Crippen LogP contribution >= 0.6 is 23.2 Å². The summed E-state index contributed by atoms with van der Waals surface area (Å²) in [5.74, 6) is 0. The molecule has 3 aromatic rings. The fourth-order valence-corrected chi connectivity index (χ4v) is 3.88. The summed E-state index contributed by atoms with van der Waals surface area (Å²) in [5, 5.41) is 5.14. The molecule has 1 saturated heterocycles. The second-order valence-electron chi connectivity index (χ2n) is 6.71. The quantitative estimate of drug-likeness (QED) is 0.648. The Labute approximate surface area is 173 Å². The third kappa shape index (κ3) is 3.86. The minimum absolute atomic E-state index is 0.204. The van der Waals surface area contributed by atoms with Crippen molar-refractivity contribution in [2.75, 3.05) is 36.0 Å². The number of nitrogens with zero attached hydrogens (tertiary/aromatic N) is 4. The molecular formula is C21H20Cl2N4O. The van der Waals surface area contributed by atoms with Gasteiger partial charge < -0.3 is 9.80 Å². The highest BCUT2D eigenvalue weighted by atomic mass is 35.5. The molecule has 2 aromatic carbocycles. The Morgan fingerprint density at radius 3 is 2.21 bits per heavy atom. The van der Waals surface area contributed by atoms with E-state index in [2.05, 4.69) is 27.0 Å². The lowest BCUT2D eigenvalue weighted by Gasteiger charge is -2.37. The molecule has 0 N–H and O–H groups in total. The monoisotopic (exact) mass is 414 g/mol. The molecule has 1 aromatic heterocycles. The molecule has 4 rings (SSSR count). The van der Waals surface area contributed by atoms with Crippen LogP contribution in [0.5, 0.6) is 0 Å². The van der Waals surface area contributed by atoms with E-state index in [0.717, 1.165) is 31.7 Å². The van der Waals surface area contributed by atoms with Crippen molar-refractivity contribution < 1.29 is 0 Å². The van der Waals surface area contributed by atoms with Crippen LogP contribution in [0.15, 0.2) is 65.6 Å². The topological polar surface area (TPSA) is 41.4 Å². The highest BCUT2D eigenvalue weighted by molar-refractivity contribution is 6.33. The Morgan fingerprint density at radius 2 is 1.50 bits per heavy atom. The predicted molar refractivity (Wildman–Crippen MR) is 115 cm³/mol. The maximum Gasteiger partial charge on any atom is 0.287 e. The standard InChI is InChI=1S/C21H20Cl2N4O/c22-18-9-5-4-6-16(18)15-27-21(28)20(23)19(14-24-27)26-12-10-25(11-13-26)17-7-2-1-3-8-17/h1-9,14H,10-13,15H2. The summed E-state index contributed by atoms with van der Waals surface area (Å²) in [5.41, 5.74) is 2.43. The van der Waals surface area contributed by atoms with Gasteiger partial charge in [0.15, 0.2) is 0 Å². The second kappa shape index (κ2) is 8.25. The van der Waals surface area contributed by atoms with Gasteiger partial charge in [0, 0.05) is 36.9 Å². The molecule has 0 saturated carbocycles. The minimum atomic E-state index is -0.301. The second-order valence-corrected chi connectivity index (χ2v) is 7.49. The number of piperazine rings is 1. The van der Waals surface area contributed by atoms with Gasteiger partial charge in [0.1, 0.15) is 5.02 Å². The van der Waals surface area contributed by atoms with Gasteiger partial charge in [-0.2, -0.15) is 5.10 Å². The predicted octanol–water partition coefficient (Wildman–Crippen LogP) is 3.93. The lowest BCUT2D eigenvalue weighted by atomic mass is 10.2. The molecule has 0 unspecified atom stereocenters. The van der Waals surface area contributed by atoms with Gasteiger partial charge in [-0.05, 0) is 23.8 Å². The molecule has 2 heterocycles. The average Bonchev–Trinajstić information content (AvgIpc) is 2.74. The third-order valence-electron chi connectivity index (χ3n) is 4.99. The zero-order chi connectivity index (χ0) is 19.5. The first-order valence-corrected chi connectivity index (χ1v) is 9.93. The number of halogens is 2. The molecule has 0 aliphatic carbocycles. The van der Waals surface area contributed by atoms with Gasteiger partial charge in [-0.3, -0.25) is 4.79 Å². The highest BCUT2D eigenvalue weighted by Crippen LogP contribution is 2.24. The molecule has 1 aliphatic rings. The van der Waals surface area contributed by atoms with Crippen molar-refractivity contribution in [1.29, 1.82) is 0 Å². The molecule has 1 fully saturated rings. The summed E-state index contributed by atoms with van der Waals surface area (Å²) in [4.78, 5) is 17.2. The molecule has 5 nitrogen and oxygen atoms in total. The molecular weight excluding hydrogens is 395 g/mol. The minimum Gasteiger partial charge on any atom is -0.368 e. The Bertz CT molecular complexity index is 1010. The fraction of sp³-hybridized carbons (Fsp3) is 0.238. The number of aromatic nitrogens is 2. The van der Waals surface area contributed by atoms with Crippen LogP contribution in [0.1, 0.15) is 5.56 Å². The van der Waals surface area contributed by atoms with Crippen LogP contribution < -0.4 is 15.4 Å². The zero-order valence-corrected chi connectivity index (χ0v) is 16.8. The summed E-state index contributed by atoms with van der Waals surface area (Å²) in [6, 6.07) is 17.7. The van der Waals surface area contributed by atoms with Crippen LogP contribution in [-0.2, 0) is 6.54 Å². The van der Waals surface area contributed by atoms with E-state index in [0.29, 0.717) is 17.3 Å². The van der Waals surface area contributed by atoms with Crippen molar-refractivity contribution in [2.45, 2.75) is 6.54 Å². The zero-order valence-electron chi connectivity index (χ0n) is 15.3. The fourth-order valence-electron chi connectivity index (χ4n) is 3.42. The van der Waals surface area contributed by atoms with Gasteiger partial charge in [0.05, 0.1) is 18.4 Å². The number of hydrogen-bond acceptors (Lipinski definition) is 4. The Hall–Kier alpha value is -2.50. The lowest BCUT2D eigenvalue weighted by molar-refractivity contribution is 0.622. The van der Waals surface area contributed by atoms with Crippen molar-refractivity contribution in [1.82, 2.24) is 9.78 Å². The molecule has 0 spiro atoms. The number of benzene rings is 2. The van der Waals surface area contributed by atoms with E-state index in [9.17, 15) is 4.79 Å². The summed E-state index contributed by atoms with van der Waals surface area (Å²) in [7, 11) is 0. The summed E-state index contributed by atoms with van der Waals surface area (Å²) in [6.07, 6.45) is 1.68.